The van der Waals surface area contributed by atoms with Gasteiger partial charge in [0, 0.05) is 18.8 Å². The van der Waals surface area contributed by atoms with Gasteiger partial charge in [0.05, 0.1) is 22.3 Å². The summed E-state index contributed by atoms with van der Waals surface area (Å²) < 4.78 is 1.70. The Hall–Kier alpha value is -1.03. The van der Waals surface area contributed by atoms with Crippen LogP contribution in [-0.2, 0) is 7.05 Å². The Morgan fingerprint density at radius 1 is 1.38 bits per heavy atom. The molecule has 3 nitrogen and oxygen atoms in total. The van der Waals surface area contributed by atoms with E-state index in [0.717, 1.165) is 11.1 Å². The zero-order valence-electron chi connectivity index (χ0n) is 8.69. The van der Waals surface area contributed by atoms with Crippen molar-refractivity contribution in [2.24, 2.45) is 12.8 Å². The van der Waals surface area contributed by atoms with Crippen molar-refractivity contribution >= 4 is 23.2 Å². The van der Waals surface area contributed by atoms with Crippen molar-refractivity contribution in [3.05, 3.63) is 51.8 Å². The third-order valence-corrected chi connectivity index (χ3v) is 3.23. The minimum atomic E-state index is -0.306. The second-order valence-corrected chi connectivity index (χ2v) is 4.35. The Kier molecular flexibility index (Phi) is 3.19. The van der Waals surface area contributed by atoms with E-state index < -0.39 is 0 Å². The maximum Gasteiger partial charge on any atom is 0.0643 e. The number of aromatic nitrogens is 2. The topological polar surface area (TPSA) is 43.8 Å². The average Bonchev–Trinajstić information content (AvgIpc) is 2.68. The predicted octanol–water partition coefficient (Wildman–Crippen LogP) is 2.78. The second-order valence-electron chi connectivity index (χ2n) is 3.57. The number of rotatable bonds is 2. The summed E-state index contributed by atoms with van der Waals surface area (Å²) in [6, 6.07) is 5.13. The molecule has 1 aromatic heterocycles. The molecule has 0 aliphatic rings. The molecule has 0 fully saturated rings. The molecule has 5 heteroatoms. The lowest BCUT2D eigenvalue weighted by molar-refractivity contribution is 0.765. The molecule has 2 aromatic rings. The number of nitrogens with zero attached hydrogens (tertiary/aromatic N) is 2. The molecule has 16 heavy (non-hydrogen) atoms. The van der Waals surface area contributed by atoms with Gasteiger partial charge in [-0.25, -0.2) is 0 Å². The zero-order chi connectivity index (χ0) is 11.7. The molecule has 1 atom stereocenters. The molecule has 0 saturated carbocycles. The minimum Gasteiger partial charge on any atom is -0.320 e. The second kappa shape index (κ2) is 4.45. The molecule has 0 bridgehead atoms. The number of benzene rings is 1. The summed E-state index contributed by atoms with van der Waals surface area (Å²) >= 11 is 12.0. The van der Waals surface area contributed by atoms with Gasteiger partial charge in [0.2, 0.25) is 0 Å². The van der Waals surface area contributed by atoms with Crippen molar-refractivity contribution in [1.29, 1.82) is 0 Å². The summed E-state index contributed by atoms with van der Waals surface area (Å²) in [4.78, 5) is 0. The predicted molar refractivity (Wildman–Crippen MR) is 65.7 cm³/mol. The van der Waals surface area contributed by atoms with Gasteiger partial charge < -0.3 is 5.73 Å². The van der Waals surface area contributed by atoms with Crippen LogP contribution in [0.15, 0.2) is 30.6 Å². The first kappa shape index (κ1) is 11.5. The van der Waals surface area contributed by atoms with Crippen LogP contribution in [0.3, 0.4) is 0 Å². The van der Waals surface area contributed by atoms with E-state index in [0.29, 0.717) is 10.0 Å². The Morgan fingerprint density at radius 2 is 2.12 bits per heavy atom. The normalized spacial score (nSPS) is 12.8. The number of nitrogens with two attached hydrogens (primary N) is 1. The van der Waals surface area contributed by atoms with Crippen LogP contribution in [0.4, 0.5) is 0 Å². The van der Waals surface area contributed by atoms with Crippen molar-refractivity contribution in [2.75, 3.05) is 0 Å². The molecule has 0 aliphatic heterocycles. The van der Waals surface area contributed by atoms with E-state index in [4.69, 9.17) is 28.9 Å². The first-order chi connectivity index (χ1) is 7.59. The Balaban J connectivity index is 2.41. The maximum absolute atomic E-state index is 6.11. The van der Waals surface area contributed by atoms with Crippen LogP contribution in [0.25, 0.3) is 0 Å². The molecule has 2 N–H and O–H groups in total. The highest BCUT2D eigenvalue weighted by atomic mass is 35.5. The zero-order valence-corrected chi connectivity index (χ0v) is 10.2. The number of hydrogen-bond donors (Lipinski definition) is 1. The quantitative estimate of drug-likeness (QED) is 0.897. The van der Waals surface area contributed by atoms with Crippen LogP contribution >= 0.6 is 23.2 Å². The fourth-order valence-electron chi connectivity index (χ4n) is 1.54. The molecule has 1 heterocycles. The lowest BCUT2D eigenvalue weighted by Crippen LogP contribution is -2.11. The SMILES string of the molecule is Cn1cc(C(N)c2cccc(Cl)c2Cl)cn1. The first-order valence-corrected chi connectivity index (χ1v) is 5.53. The minimum absolute atomic E-state index is 0.306. The third-order valence-electron chi connectivity index (χ3n) is 2.40. The fourth-order valence-corrected chi connectivity index (χ4v) is 1.97. The number of hydrogen-bond acceptors (Lipinski definition) is 2. The van der Waals surface area contributed by atoms with E-state index in [1.807, 2.05) is 25.4 Å². The summed E-state index contributed by atoms with van der Waals surface area (Å²) in [6.07, 6.45) is 3.59. The van der Waals surface area contributed by atoms with Gasteiger partial charge in [-0.3, -0.25) is 4.68 Å². The smallest absolute Gasteiger partial charge is 0.0643 e. The van der Waals surface area contributed by atoms with Crippen LogP contribution < -0.4 is 5.73 Å². The van der Waals surface area contributed by atoms with E-state index in [9.17, 15) is 0 Å². The fraction of sp³-hybridized carbons (Fsp3) is 0.182. The van der Waals surface area contributed by atoms with Gasteiger partial charge in [-0.2, -0.15) is 5.10 Å². The summed E-state index contributed by atoms with van der Waals surface area (Å²) in [7, 11) is 1.84. The molecule has 2 rings (SSSR count). The summed E-state index contributed by atoms with van der Waals surface area (Å²) in [5, 5.41) is 5.09. The maximum atomic E-state index is 6.11. The Bertz CT molecular complexity index is 508. The summed E-state index contributed by atoms with van der Waals surface area (Å²) in [5.74, 6) is 0. The van der Waals surface area contributed by atoms with Crippen molar-refractivity contribution in [1.82, 2.24) is 9.78 Å². The standard InChI is InChI=1S/C11H11Cl2N3/c1-16-6-7(5-15-16)11(14)8-3-2-4-9(12)10(8)13/h2-6,11H,14H2,1H3. The lowest BCUT2D eigenvalue weighted by Gasteiger charge is -2.12. The summed E-state index contributed by atoms with van der Waals surface area (Å²) in [6.45, 7) is 0. The van der Waals surface area contributed by atoms with Crippen LogP contribution in [0.1, 0.15) is 17.2 Å². The molecule has 0 amide bonds. The van der Waals surface area contributed by atoms with Crippen molar-refractivity contribution < 1.29 is 0 Å². The largest absolute Gasteiger partial charge is 0.320 e. The monoisotopic (exact) mass is 255 g/mol. The lowest BCUT2D eigenvalue weighted by atomic mass is 10.0. The highest BCUT2D eigenvalue weighted by molar-refractivity contribution is 6.42. The summed E-state index contributed by atoms with van der Waals surface area (Å²) in [5.41, 5.74) is 7.82. The van der Waals surface area contributed by atoms with Gasteiger partial charge in [0.25, 0.3) is 0 Å². The average molecular weight is 256 g/mol. The van der Waals surface area contributed by atoms with Crippen LogP contribution in [0.2, 0.25) is 10.0 Å². The Labute approximate surface area is 104 Å². The van der Waals surface area contributed by atoms with Gasteiger partial charge in [0.15, 0.2) is 0 Å². The van der Waals surface area contributed by atoms with Gasteiger partial charge in [-0.1, -0.05) is 35.3 Å². The van der Waals surface area contributed by atoms with Gasteiger partial charge in [0.1, 0.15) is 0 Å². The van der Waals surface area contributed by atoms with E-state index in [1.165, 1.54) is 0 Å². The molecule has 0 aliphatic carbocycles. The van der Waals surface area contributed by atoms with E-state index in [-0.39, 0.29) is 6.04 Å². The van der Waals surface area contributed by atoms with Crippen LogP contribution in [0.5, 0.6) is 0 Å². The van der Waals surface area contributed by atoms with Gasteiger partial charge >= 0.3 is 0 Å². The highest BCUT2D eigenvalue weighted by Crippen LogP contribution is 2.31. The Morgan fingerprint density at radius 3 is 2.75 bits per heavy atom. The van der Waals surface area contributed by atoms with Crippen LogP contribution in [0, 0.1) is 0 Å². The van der Waals surface area contributed by atoms with E-state index >= 15 is 0 Å². The van der Waals surface area contributed by atoms with Crippen molar-refractivity contribution in [2.45, 2.75) is 6.04 Å². The van der Waals surface area contributed by atoms with Crippen LogP contribution in [-0.4, -0.2) is 9.78 Å². The van der Waals surface area contributed by atoms with Gasteiger partial charge in [-0.15, -0.1) is 0 Å². The van der Waals surface area contributed by atoms with Crippen molar-refractivity contribution in [3.63, 3.8) is 0 Å². The van der Waals surface area contributed by atoms with E-state index in [2.05, 4.69) is 5.10 Å². The van der Waals surface area contributed by atoms with Crippen molar-refractivity contribution in [3.8, 4) is 0 Å². The molecular weight excluding hydrogens is 245 g/mol. The molecule has 84 valence electrons. The number of halogens is 2. The molecular formula is C11H11Cl2N3. The first-order valence-electron chi connectivity index (χ1n) is 4.77. The molecule has 0 spiro atoms. The molecule has 0 saturated heterocycles. The van der Waals surface area contributed by atoms with Gasteiger partial charge in [-0.05, 0) is 11.6 Å². The molecule has 1 aromatic carbocycles. The molecule has 0 radical (unpaired) electrons. The highest BCUT2D eigenvalue weighted by Gasteiger charge is 2.15. The molecule has 1 unspecified atom stereocenters. The number of aryl methyl sites for hydroxylation is 1. The van der Waals surface area contributed by atoms with E-state index in [1.54, 1.807) is 16.9 Å². The third kappa shape index (κ3) is 2.07.